The first-order valence-corrected chi connectivity index (χ1v) is 11.7. The number of rotatable bonds is 4. The normalized spacial score (nSPS) is 19.2. The van der Waals surface area contributed by atoms with Crippen LogP contribution in [0.5, 0.6) is 5.75 Å². The average molecular weight is 460 g/mol. The van der Waals surface area contributed by atoms with Gasteiger partial charge < -0.3 is 24.7 Å². The lowest BCUT2D eigenvalue weighted by molar-refractivity contribution is -0.0195. The van der Waals surface area contributed by atoms with Gasteiger partial charge in [-0.2, -0.15) is 0 Å². The molecule has 0 aliphatic carbocycles. The molecular formula is C27H29N3O4. The van der Waals surface area contributed by atoms with Crippen molar-refractivity contribution in [2.45, 2.75) is 37.8 Å². The first kappa shape index (κ1) is 22.2. The van der Waals surface area contributed by atoms with Gasteiger partial charge in [-0.15, -0.1) is 0 Å². The highest BCUT2D eigenvalue weighted by Gasteiger charge is 2.43. The van der Waals surface area contributed by atoms with Crippen LogP contribution in [0.3, 0.4) is 0 Å². The molecule has 1 spiro atoms. The van der Waals surface area contributed by atoms with E-state index in [2.05, 4.69) is 22.6 Å². The first-order valence-electron chi connectivity index (χ1n) is 11.7. The maximum atomic E-state index is 13.3. The second-order valence-corrected chi connectivity index (χ2v) is 9.32. The quantitative estimate of drug-likeness (QED) is 0.598. The van der Waals surface area contributed by atoms with E-state index in [9.17, 15) is 9.59 Å². The number of benzene rings is 2. The smallest absolute Gasteiger partial charge is 0.291 e. The minimum atomic E-state index is -0.353. The molecule has 2 amide bonds. The fourth-order valence-electron chi connectivity index (χ4n) is 4.81. The summed E-state index contributed by atoms with van der Waals surface area (Å²) in [7, 11) is 2.13. The molecule has 0 unspecified atom stereocenters. The van der Waals surface area contributed by atoms with Crippen LogP contribution in [0.1, 0.15) is 57.3 Å². The molecule has 3 heterocycles. The number of nitrogens with zero attached hydrogens (tertiary/aromatic N) is 1. The number of hydrogen-bond acceptors (Lipinski definition) is 5. The third-order valence-corrected chi connectivity index (χ3v) is 6.89. The Labute approximate surface area is 199 Å². The van der Waals surface area contributed by atoms with E-state index in [-0.39, 0.29) is 29.2 Å². The van der Waals surface area contributed by atoms with Crippen LogP contribution in [0.2, 0.25) is 0 Å². The number of fused-ring (bicyclic) bond motifs is 1. The lowest BCUT2D eigenvalue weighted by Crippen LogP contribution is -2.51. The van der Waals surface area contributed by atoms with E-state index < -0.39 is 0 Å². The summed E-state index contributed by atoms with van der Waals surface area (Å²) < 4.78 is 11.7. The van der Waals surface area contributed by atoms with Gasteiger partial charge in [0.1, 0.15) is 11.4 Å². The fourth-order valence-corrected chi connectivity index (χ4v) is 4.81. The molecule has 0 bridgehead atoms. The Morgan fingerprint density at radius 3 is 2.59 bits per heavy atom. The number of likely N-dealkylation sites (tertiary alicyclic amines) is 1. The third-order valence-electron chi connectivity index (χ3n) is 6.89. The zero-order valence-electron chi connectivity index (χ0n) is 19.5. The summed E-state index contributed by atoms with van der Waals surface area (Å²) in [6, 6.07) is 16.4. The molecule has 1 saturated heterocycles. The Hall–Kier alpha value is -3.58. The number of carbonyl (C=O) groups excluding carboxylic acids is 2. The Morgan fingerprint density at radius 1 is 1.03 bits per heavy atom. The third kappa shape index (κ3) is 4.43. The van der Waals surface area contributed by atoms with E-state index in [1.807, 2.05) is 37.3 Å². The second-order valence-electron chi connectivity index (χ2n) is 9.32. The number of anilines is 1. The van der Waals surface area contributed by atoms with Gasteiger partial charge in [-0.25, -0.2) is 0 Å². The number of piperidine rings is 1. The molecule has 2 aliphatic rings. The maximum absolute atomic E-state index is 13.3. The molecule has 7 nitrogen and oxygen atoms in total. The van der Waals surface area contributed by atoms with Crippen LogP contribution < -0.4 is 15.4 Å². The fraction of sp³-hybridized carbons (Fsp3) is 0.333. The van der Waals surface area contributed by atoms with Gasteiger partial charge in [0.05, 0.1) is 12.3 Å². The summed E-state index contributed by atoms with van der Waals surface area (Å²) in [5, 5.41) is 6.08. The summed E-state index contributed by atoms with van der Waals surface area (Å²) in [5.41, 5.74) is 2.65. The highest BCUT2D eigenvalue weighted by Crippen LogP contribution is 2.44. The minimum Gasteiger partial charge on any atom is -0.487 e. The van der Waals surface area contributed by atoms with Gasteiger partial charge in [0.15, 0.2) is 5.76 Å². The minimum absolute atomic E-state index is 0.150. The van der Waals surface area contributed by atoms with Crippen molar-refractivity contribution in [1.29, 1.82) is 0 Å². The van der Waals surface area contributed by atoms with Crippen LogP contribution in [-0.2, 0) is 0 Å². The number of aryl methyl sites for hydroxylation is 1. The molecule has 7 heteroatoms. The van der Waals surface area contributed by atoms with Gasteiger partial charge in [0.25, 0.3) is 11.8 Å². The highest BCUT2D eigenvalue weighted by molar-refractivity contribution is 6.04. The van der Waals surface area contributed by atoms with Crippen molar-refractivity contribution in [2.24, 2.45) is 0 Å². The standard InChI is InChI=1S/C27H29N3O4/c1-18-9-10-19(16-21(18)28-26(32)24-8-5-15-33-24)25(31)29-22-17-27(11-13-30(2)14-12-27)34-23-7-4-3-6-20(22)23/h3-10,15-16,22H,11-14,17H2,1-2H3,(H,28,32)(H,29,31)/t22-/m1/s1. The van der Waals surface area contributed by atoms with Gasteiger partial charge in [0.2, 0.25) is 0 Å². The van der Waals surface area contributed by atoms with E-state index >= 15 is 0 Å². The van der Waals surface area contributed by atoms with Crippen LogP contribution >= 0.6 is 0 Å². The molecule has 1 aromatic heterocycles. The monoisotopic (exact) mass is 459 g/mol. The van der Waals surface area contributed by atoms with E-state index in [0.29, 0.717) is 11.3 Å². The van der Waals surface area contributed by atoms with Crippen LogP contribution in [0.25, 0.3) is 0 Å². The van der Waals surface area contributed by atoms with E-state index in [1.54, 1.807) is 24.3 Å². The van der Waals surface area contributed by atoms with Crippen molar-refractivity contribution >= 4 is 17.5 Å². The van der Waals surface area contributed by atoms with Crippen molar-refractivity contribution in [1.82, 2.24) is 10.2 Å². The number of amides is 2. The van der Waals surface area contributed by atoms with Crippen molar-refractivity contribution < 1.29 is 18.7 Å². The van der Waals surface area contributed by atoms with Crippen molar-refractivity contribution in [2.75, 3.05) is 25.5 Å². The van der Waals surface area contributed by atoms with Crippen LogP contribution in [0.4, 0.5) is 5.69 Å². The van der Waals surface area contributed by atoms with Crippen LogP contribution in [0, 0.1) is 6.92 Å². The Bertz CT molecular complexity index is 1200. The largest absolute Gasteiger partial charge is 0.487 e. The van der Waals surface area contributed by atoms with E-state index in [0.717, 1.165) is 49.2 Å². The zero-order valence-corrected chi connectivity index (χ0v) is 19.5. The van der Waals surface area contributed by atoms with Gasteiger partial charge in [-0.3, -0.25) is 9.59 Å². The zero-order chi connectivity index (χ0) is 23.7. The number of carbonyl (C=O) groups is 2. The number of nitrogens with one attached hydrogen (secondary N) is 2. The predicted molar refractivity (Wildman–Crippen MR) is 129 cm³/mol. The molecule has 2 aliphatic heterocycles. The summed E-state index contributed by atoms with van der Waals surface area (Å²) in [5.74, 6) is 0.530. The molecule has 1 atom stereocenters. The summed E-state index contributed by atoms with van der Waals surface area (Å²) >= 11 is 0. The van der Waals surface area contributed by atoms with Crippen LogP contribution in [-0.4, -0.2) is 42.5 Å². The van der Waals surface area contributed by atoms with Gasteiger partial charge >= 0.3 is 0 Å². The summed E-state index contributed by atoms with van der Waals surface area (Å²) in [6.45, 7) is 3.83. The second kappa shape index (κ2) is 8.99. The van der Waals surface area contributed by atoms with Gasteiger partial charge in [0, 0.05) is 36.3 Å². The Balaban J connectivity index is 1.36. The number of para-hydroxylation sites is 1. The predicted octanol–water partition coefficient (Wildman–Crippen LogP) is 4.56. The van der Waals surface area contributed by atoms with E-state index in [1.165, 1.54) is 6.26 Å². The number of hydrogen-bond donors (Lipinski definition) is 2. The average Bonchev–Trinajstić information content (AvgIpc) is 3.38. The number of furan rings is 1. The van der Waals surface area contributed by atoms with E-state index in [4.69, 9.17) is 9.15 Å². The molecule has 0 radical (unpaired) electrons. The van der Waals surface area contributed by atoms with Crippen molar-refractivity contribution in [3.8, 4) is 5.75 Å². The molecular weight excluding hydrogens is 430 g/mol. The molecule has 34 heavy (non-hydrogen) atoms. The molecule has 3 aromatic rings. The number of ether oxygens (including phenoxy) is 1. The molecule has 0 saturated carbocycles. The Kier molecular flexibility index (Phi) is 5.87. The highest BCUT2D eigenvalue weighted by atomic mass is 16.5. The topological polar surface area (TPSA) is 83.8 Å². The Morgan fingerprint density at radius 2 is 1.82 bits per heavy atom. The molecule has 176 valence electrons. The summed E-state index contributed by atoms with van der Waals surface area (Å²) in [6.07, 6.45) is 4.04. The van der Waals surface area contributed by atoms with Gasteiger partial charge in [-0.1, -0.05) is 24.3 Å². The van der Waals surface area contributed by atoms with Crippen LogP contribution in [0.15, 0.2) is 65.3 Å². The molecule has 1 fully saturated rings. The molecule has 5 rings (SSSR count). The molecule has 2 N–H and O–H groups in total. The first-order chi connectivity index (χ1) is 16.4. The van der Waals surface area contributed by atoms with Crippen molar-refractivity contribution in [3.63, 3.8) is 0 Å². The lowest BCUT2D eigenvalue weighted by Gasteiger charge is -2.46. The summed E-state index contributed by atoms with van der Waals surface area (Å²) in [4.78, 5) is 28.1. The molecule has 2 aromatic carbocycles. The lowest BCUT2D eigenvalue weighted by atomic mass is 9.80. The van der Waals surface area contributed by atoms with Crippen molar-refractivity contribution in [3.05, 3.63) is 83.3 Å². The maximum Gasteiger partial charge on any atom is 0.291 e. The van der Waals surface area contributed by atoms with Gasteiger partial charge in [-0.05, 0) is 62.7 Å². The SMILES string of the molecule is Cc1ccc(C(=O)N[C@@H]2CC3(CCN(C)CC3)Oc3ccccc32)cc1NC(=O)c1ccco1.